The normalized spacial score (nSPS) is 12.0. The van der Waals surface area contributed by atoms with Crippen molar-refractivity contribution in [3.63, 3.8) is 0 Å². The Morgan fingerprint density at radius 1 is 1.18 bits per heavy atom. The zero-order valence-electron chi connectivity index (χ0n) is 13.2. The second kappa shape index (κ2) is 7.59. The van der Waals surface area contributed by atoms with E-state index in [1.54, 1.807) is 13.3 Å². The van der Waals surface area contributed by atoms with Gasteiger partial charge in [-0.2, -0.15) is 0 Å². The van der Waals surface area contributed by atoms with E-state index in [4.69, 9.17) is 4.74 Å². The highest BCUT2D eigenvalue weighted by molar-refractivity contribution is 5.83. The van der Waals surface area contributed by atoms with E-state index < -0.39 is 0 Å². The van der Waals surface area contributed by atoms with Crippen molar-refractivity contribution in [2.24, 2.45) is 5.92 Å². The number of rotatable bonds is 6. The Labute approximate surface area is 131 Å². The third-order valence-electron chi connectivity index (χ3n) is 3.59. The van der Waals surface area contributed by atoms with Crippen LogP contribution < -0.4 is 10.1 Å². The van der Waals surface area contributed by atoms with E-state index in [-0.39, 0.29) is 17.7 Å². The van der Waals surface area contributed by atoms with Crippen LogP contribution in [0.2, 0.25) is 0 Å². The minimum Gasteiger partial charge on any atom is -0.497 e. The van der Waals surface area contributed by atoms with Crippen LogP contribution >= 0.6 is 0 Å². The van der Waals surface area contributed by atoms with Crippen LogP contribution in [0.1, 0.15) is 31.0 Å². The van der Waals surface area contributed by atoms with Gasteiger partial charge in [-0.3, -0.25) is 9.78 Å². The molecule has 0 spiro atoms. The highest BCUT2D eigenvalue weighted by atomic mass is 16.5. The summed E-state index contributed by atoms with van der Waals surface area (Å²) in [7, 11) is 1.63. The van der Waals surface area contributed by atoms with Gasteiger partial charge in [-0.15, -0.1) is 0 Å². The Hall–Kier alpha value is -2.36. The van der Waals surface area contributed by atoms with Gasteiger partial charge >= 0.3 is 0 Å². The summed E-state index contributed by atoms with van der Waals surface area (Å²) in [6.07, 6.45) is 1.73. The Morgan fingerprint density at radius 3 is 2.45 bits per heavy atom. The molecule has 1 amide bonds. The summed E-state index contributed by atoms with van der Waals surface area (Å²) in [6, 6.07) is 13.3. The Morgan fingerprint density at radius 2 is 1.91 bits per heavy atom. The third-order valence-corrected chi connectivity index (χ3v) is 3.59. The lowest BCUT2D eigenvalue weighted by molar-refractivity contribution is -0.123. The molecule has 1 aromatic heterocycles. The van der Waals surface area contributed by atoms with Crippen molar-refractivity contribution in [1.29, 1.82) is 0 Å². The molecule has 0 radical (unpaired) electrons. The number of nitrogens with zero attached hydrogens (tertiary/aromatic N) is 1. The summed E-state index contributed by atoms with van der Waals surface area (Å²) in [5.41, 5.74) is 1.85. The molecule has 4 heteroatoms. The summed E-state index contributed by atoms with van der Waals surface area (Å²) in [4.78, 5) is 16.8. The van der Waals surface area contributed by atoms with Gasteiger partial charge in [0.05, 0.1) is 25.3 Å². The number of carbonyl (C=O) groups is 1. The number of hydrogen-bond donors (Lipinski definition) is 1. The molecule has 0 saturated carbocycles. The van der Waals surface area contributed by atoms with Crippen LogP contribution in [0, 0.1) is 5.92 Å². The number of hydrogen-bond acceptors (Lipinski definition) is 3. The second-order valence-corrected chi connectivity index (χ2v) is 5.53. The number of amides is 1. The molecule has 4 nitrogen and oxygen atoms in total. The molecular formula is C18H22N2O2. The van der Waals surface area contributed by atoms with Gasteiger partial charge in [0.1, 0.15) is 5.75 Å². The Bertz CT molecular complexity index is 594. The first-order valence-corrected chi connectivity index (χ1v) is 7.43. The third kappa shape index (κ3) is 4.07. The van der Waals surface area contributed by atoms with Crippen molar-refractivity contribution < 1.29 is 9.53 Å². The zero-order valence-corrected chi connectivity index (χ0v) is 13.2. The van der Waals surface area contributed by atoms with Crippen molar-refractivity contribution in [3.05, 3.63) is 59.9 Å². The molecule has 1 N–H and O–H groups in total. The lowest BCUT2D eigenvalue weighted by atomic mass is 9.87. The standard InChI is InChI=1S/C18H22N2O2/c1-13(2)17(14-7-9-16(22-3)10-8-14)18(21)20-12-15-6-4-5-11-19-15/h4-11,13,17H,12H2,1-3H3,(H,20,21). The van der Waals surface area contributed by atoms with Crippen molar-refractivity contribution in [2.45, 2.75) is 26.3 Å². The van der Waals surface area contributed by atoms with E-state index >= 15 is 0 Å². The van der Waals surface area contributed by atoms with E-state index in [1.807, 2.05) is 42.5 Å². The summed E-state index contributed by atoms with van der Waals surface area (Å²) in [5, 5.41) is 2.97. The number of nitrogens with one attached hydrogen (secondary N) is 1. The van der Waals surface area contributed by atoms with E-state index in [0.29, 0.717) is 6.54 Å². The molecule has 0 aliphatic carbocycles. The smallest absolute Gasteiger partial charge is 0.228 e. The van der Waals surface area contributed by atoms with Crippen molar-refractivity contribution in [3.8, 4) is 5.75 Å². The summed E-state index contributed by atoms with van der Waals surface area (Å²) in [5.74, 6) is 0.831. The molecule has 116 valence electrons. The van der Waals surface area contributed by atoms with Crippen LogP contribution in [0.15, 0.2) is 48.7 Å². The maximum Gasteiger partial charge on any atom is 0.228 e. The van der Waals surface area contributed by atoms with Gasteiger partial charge in [0.25, 0.3) is 0 Å². The fourth-order valence-corrected chi connectivity index (χ4v) is 2.44. The molecule has 22 heavy (non-hydrogen) atoms. The number of carbonyl (C=O) groups excluding carboxylic acids is 1. The Kier molecular flexibility index (Phi) is 5.53. The maximum atomic E-state index is 12.5. The molecule has 0 fully saturated rings. The first kappa shape index (κ1) is 16.0. The predicted octanol–water partition coefficient (Wildman–Crippen LogP) is 3.15. The average Bonchev–Trinajstić information content (AvgIpc) is 2.54. The lowest BCUT2D eigenvalue weighted by Gasteiger charge is -2.21. The van der Waals surface area contributed by atoms with Crippen molar-refractivity contribution in [2.75, 3.05) is 7.11 Å². The van der Waals surface area contributed by atoms with Gasteiger partial charge in [-0.25, -0.2) is 0 Å². The zero-order chi connectivity index (χ0) is 15.9. The topological polar surface area (TPSA) is 51.2 Å². The van der Waals surface area contributed by atoms with Gasteiger partial charge in [-0.1, -0.05) is 32.0 Å². The molecule has 1 atom stereocenters. The Balaban J connectivity index is 2.08. The quantitative estimate of drug-likeness (QED) is 0.891. The second-order valence-electron chi connectivity index (χ2n) is 5.53. The molecule has 2 aromatic rings. The fraction of sp³-hybridized carbons (Fsp3) is 0.333. The highest BCUT2D eigenvalue weighted by Gasteiger charge is 2.24. The van der Waals surface area contributed by atoms with Crippen LogP contribution in [0.3, 0.4) is 0 Å². The monoisotopic (exact) mass is 298 g/mol. The SMILES string of the molecule is COc1ccc(C(C(=O)NCc2ccccn2)C(C)C)cc1. The van der Waals surface area contributed by atoms with E-state index in [9.17, 15) is 4.79 Å². The number of ether oxygens (including phenoxy) is 1. The van der Waals surface area contributed by atoms with Crippen LogP contribution in [-0.2, 0) is 11.3 Å². The maximum absolute atomic E-state index is 12.5. The van der Waals surface area contributed by atoms with Gasteiger partial charge in [0, 0.05) is 6.20 Å². The number of pyridine rings is 1. The molecule has 1 heterocycles. The predicted molar refractivity (Wildman–Crippen MR) is 86.7 cm³/mol. The molecule has 0 aliphatic rings. The molecule has 2 rings (SSSR count). The molecule has 0 aliphatic heterocycles. The minimum atomic E-state index is -0.186. The van der Waals surface area contributed by atoms with Gasteiger partial charge in [0.2, 0.25) is 5.91 Å². The molecule has 1 aromatic carbocycles. The van der Waals surface area contributed by atoms with Crippen LogP contribution in [0.5, 0.6) is 5.75 Å². The van der Waals surface area contributed by atoms with Crippen LogP contribution in [-0.4, -0.2) is 18.0 Å². The van der Waals surface area contributed by atoms with Gasteiger partial charge in [-0.05, 0) is 35.7 Å². The molecule has 0 saturated heterocycles. The van der Waals surface area contributed by atoms with Crippen molar-refractivity contribution >= 4 is 5.91 Å². The van der Waals surface area contributed by atoms with Gasteiger partial charge in [0.15, 0.2) is 0 Å². The first-order valence-electron chi connectivity index (χ1n) is 7.43. The van der Waals surface area contributed by atoms with Crippen LogP contribution in [0.4, 0.5) is 0 Å². The van der Waals surface area contributed by atoms with E-state index in [0.717, 1.165) is 17.0 Å². The highest BCUT2D eigenvalue weighted by Crippen LogP contribution is 2.26. The summed E-state index contributed by atoms with van der Waals surface area (Å²) in [6.45, 7) is 4.55. The molecule has 1 unspecified atom stereocenters. The van der Waals surface area contributed by atoms with Crippen LogP contribution in [0.25, 0.3) is 0 Å². The number of benzene rings is 1. The number of methoxy groups -OCH3 is 1. The summed E-state index contributed by atoms with van der Waals surface area (Å²) >= 11 is 0. The molecular weight excluding hydrogens is 276 g/mol. The average molecular weight is 298 g/mol. The largest absolute Gasteiger partial charge is 0.497 e. The lowest BCUT2D eigenvalue weighted by Crippen LogP contribution is -2.31. The van der Waals surface area contributed by atoms with Gasteiger partial charge < -0.3 is 10.1 Å². The fourth-order valence-electron chi connectivity index (χ4n) is 2.44. The summed E-state index contributed by atoms with van der Waals surface area (Å²) < 4.78 is 5.17. The van der Waals surface area contributed by atoms with E-state index in [1.165, 1.54) is 0 Å². The van der Waals surface area contributed by atoms with E-state index in [2.05, 4.69) is 24.1 Å². The molecule has 0 bridgehead atoms. The number of aromatic nitrogens is 1. The minimum absolute atomic E-state index is 0.0193. The van der Waals surface area contributed by atoms with Crippen molar-refractivity contribution in [1.82, 2.24) is 10.3 Å². The first-order chi connectivity index (χ1) is 10.6.